The lowest BCUT2D eigenvalue weighted by molar-refractivity contribution is 0.829. The Morgan fingerprint density at radius 3 is 3.00 bits per heavy atom. The third kappa shape index (κ3) is 1.43. The molecule has 0 saturated heterocycles. The minimum absolute atomic E-state index is 0.119. The second-order valence-corrected chi connectivity index (χ2v) is 2.28. The molecule has 0 aliphatic heterocycles. The van der Waals surface area contributed by atoms with Crippen molar-refractivity contribution in [2.45, 2.75) is 13.3 Å². The van der Waals surface area contributed by atoms with Crippen LogP contribution >= 0.6 is 0 Å². The molecular formula is C8H9N. The molecule has 0 radical (unpaired) electrons. The first-order valence-corrected chi connectivity index (χ1v) is 3.07. The molecule has 1 heteroatoms. The zero-order chi connectivity index (χ0) is 6.69. The Balaban J connectivity index is 2.61. The van der Waals surface area contributed by atoms with Gasteiger partial charge in [-0.15, -0.1) is 0 Å². The van der Waals surface area contributed by atoms with Crippen LogP contribution < -0.4 is 0 Å². The Kier molecular flexibility index (Phi) is 1.69. The van der Waals surface area contributed by atoms with Gasteiger partial charge in [0.1, 0.15) is 0 Å². The highest BCUT2D eigenvalue weighted by atomic mass is 14.3. The molecule has 0 aromatic heterocycles. The van der Waals surface area contributed by atoms with Crippen molar-refractivity contribution in [3.63, 3.8) is 0 Å². The summed E-state index contributed by atoms with van der Waals surface area (Å²) in [4.78, 5) is 0. The molecule has 0 unspecified atom stereocenters. The molecule has 1 nitrogen and oxygen atoms in total. The van der Waals surface area contributed by atoms with Crippen molar-refractivity contribution in [1.82, 2.24) is 0 Å². The zero-order valence-electron chi connectivity index (χ0n) is 5.46. The first kappa shape index (κ1) is 6.10. The number of nitrogens with zero attached hydrogens (tertiary/aromatic N) is 1. The van der Waals surface area contributed by atoms with Gasteiger partial charge in [0.2, 0.25) is 0 Å². The predicted molar refractivity (Wildman–Crippen MR) is 36.6 cm³/mol. The van der Waals surface area contributed by atoms with Gasteiger partial charge in [0, 0.05) is 0 Å². The average Bonchev–Trinajstić information content (AvgIpc) is 1.90. The van der Waals surface area contributed by atoms with Gasteiger partial charge < -0.3 is 0 Å². The Bertz CT molecular complexity index is 193. The van der Waals surface area contributed by atoms with Crippen molar-refractivity contribution in [2.75, 3.05) is 0 Å². The van der Waals surface area contributed by atoms with Gasteiger partial charge in [0.15, 0.2) is 0 Å². The summed E-state index contributed by atoms with van der Waals surface area (Å²) in [6, 6.07) is 2.19. The van der Waals surface area contributed by atoms with Crippen molar-refractivity contribution in [1.29, 1.82) is 5.26 Å². The number of nitriles is 1. The number of rotatable bonds is 0. The summed E-state index contributed by atoms with van der Waals surface area (Å²) < 4.78 is 0. The zero-order valence-corrected chi connectivity index (χ0v) is 5.46. The van der Waals surface area contributed by atoms with Crippen LogP contribution in [-0.2, 0) is 0 Å². The van der Waals surface area contributed by atoms with E-state index in [1.54, 1.807) is 0 Å². The molecule has 0 fully saturated rings. The summed E-state index contributed by atoms with van der Waals surface area (Å²) in [5.41, 5.74) is 1.27. The maximum absolute atomic E-state index is 8.45. The summed E-state index contributed by atoms with van der Waals surface area (Å²) in [6.07, 6.45) is 6.93. The van der Waals surface area contributed by atoms with Gasteiger partial charge in [0.25, 0.3) is 0 Å². The Morgan fingerprint density at radius 2 is 2.56 bits per heavy atom. The highest BCUT2D eigenvalue weighted by Crippen LogP contribution is 2.14. The SMILES string of the molecule is CC1=CC[C@@H](C#N)C=C1. The molecular weight excluding hydrogens is 110 g/mol. The first-order valence-electron chi connectivity index (χ1n) is 3.07. The van der Waals surface area contributed by atoms with Gasteiger partial charge in [-0.2, -0.15) is 5.26 Å². The van der Waals surface area contributed by atoms with E-state index in [9.17, 15) is 0 Å². The van der Waals surface area contributed by atoms with Gasteiger partial charge in [-0.3, -0.25) is 0 Å². The molecule has 0 bridgehead atoms. The van der Waals surface area contributed by atoms with Crippen LogP contribution in [0.3, 0.4) is 0 Å². The van der Waals surface area contributed by atoms with E-state index >= 15 is 0 Å². The fourth-order valence-electron chi connectivity index (χ4n) is 0.823. The Hall–Kier alpha value is -1.03. The Morgan fingerprint density at radius 1 is 1.78 bits per heavy atom. The summed E-state index contributed by atoms with van der Waals surface area (Å²) >= 11 is 0. The summed E-state index contributed by atoms with van der Waals surface area (Å²) in [5, 5.41) is 8.45. The monoisotopic (exact) mass is 119 g/mol. The fraction of sp³-hybridized carbons (Fsp3) is 0.375. The van der Waals surface area contributed by atoms with Crippen LogP contribution in [0, 0.1) is 17.2 Å². The van der Waals surface area contributed by atoms with E-state index in [2.05, 4.69) is 12.1 Å². The van der Waals surface area contributed by atoms with Gasteiger partial charge in [0.05, 0.1) is 12.0 Å². The number of hydrogen-bond donors (Lipinski definition) is 0. The van der Waals surface area contributed by atoms with Crippen LogP contribution in [0.4, 0.5) is 0 Å². The molecule has 1 aliphatic rings. The van der Waals surface area contributed by atoms with E-state index < -0.39 is 0 Å². The van der Waals surface area contributed by atoms with Crippen LogP contribution in [0.15, 0.2) is 23.8 Å². The minimum Gasteiger partial charge on any atom is -0.198 e. The lowest BCUT2D eigenvalue weighted by atomic mass is 9.99. The largest absolute Gasteiger partial charge is 0.198 e. The first-order chi connectivity index (χ1) is 4.33. The predicted octanol–water partition coefficient (Wildman–Crippen LogP) is 2.03. The quantitative estimate of drug-likeness (QED) is 0.478. The lowest BCUT2D eigenvalue weighted by Crippen LogP contribution is -1.93. The van der Waals surface area contributed by atoms with E-state index in [1.807, 2.05) is 19.1 Å². The van der Waals surface area contributed by atoms with Crippen LogP contribution in [0.25, 0.3) is 0 Å². The number of allylic oxidation sites excluding steroid dienone is 4. The van der Waals surface area contributed by atoms with E-state index in [0.717, 1.165) is 6.42 Å². The van der Waals surface area contributed by atoms with Crippen molar-refractivity contribution in [3.05, 3.63) is 23.8 Å². The summed E-state index contributed by atoms with van der Waals surface area (Å²) in [5.74, 6) is 0.119. The highest BCUT2D eigenvalue weighted by molar-refractivity contribution is 5.23. The van der Waals surface area contributed by atoms with Crippen molar-refractivity contribution < 1.29 is 0 Å². The molecule has 1 rings (SSSR count). The molecule has 9 heavy (non-hydrogen) atoms. The molecule has 0 N–H and O–H groups in total. The van der Waals surface area contributed by atoms with Crippen molar-refractivity contribution in [3.8, 4) is 6.07 Å². The topological polar surface area (TPSA) is 23.8 Å². The second-order valence-electron chi connectivity index (χ2n) is 2.28. The molecule has 0 saturated carbocycles. The summed E-state index contributed by atoms with van der Waals surface area (Å²) in [6.45, 7) is 2.05. The standard InChI is InChI=1S/C8H9N/c1-7-2-4-8(6-9)5-3-7/h2-4,8H,5H2,1H3/t8-/m0/s1. The third-order valence-corrected chi connectivity index (χ3v) is 1.45. The van der Waals surface area contributed by atoms with Gasteiger partial charge >= 0.3 is 0 Å². The maximum Gasteiger partial charge on any atom is 0.0700 e. The molecule has 0 heterocycles. The van der Waals surface area contributed by atoms with Gasteiger partial charge in [-0.25, -0.2) is 0 Å². The van der Waals surface area contributed by atoms with Crippen LogP contribution in [-0.4, -0.2) is 0 Å². The Labute approximate surface area is 55.3 Å². The van der Waals surface area contributed by atoms with E-state index in [4.69, 9.17) is 5.26 Å². The van der Waals surface area contributed by atoms with Crippen LogP contribution in [0.1, 0.15) is 13.3 Å². The van der Waals surface area contributed by atoms with Crippen LogP contribution in [0.5, 0.6) is 0 Å². The second kappa shape index (κ2) is 2.50. The van der Waals surface area contributed by atoms with Crippen molar-refractivity contribution in [2.24, 2.45) is 5.92 Å². The molecule has 1 aliphatic carbocycles. The molecule has 0 aromatic rings. The van der Waals surface area contributed by atoms with Crippen molar-refractivity contribution >= 4 is 0 Å². The van der Waals surface area contributed by atoms with E-state index in [-0.39, 0.29) is 5.92 Å². The molecule has 1 atom stereocenters. The maximum atomic E-state index is 8.45. The lowest BCUT2D eigenvalue weighted by Gasteiger charge is -2.04. The normalized spacial score (nSPS) is 24.9. The smallest absolute Gasteiger partial charge is 0.0700 e. The molecule has 0 amide bonds. The van der Waals surface area contributed by atoms with E-state index in [0.29, 0.717) is 0 Å². The molecule has 0 spiro atoms. The minimum atomic E-state index is 0.119. The number of hydrogen-bond acceptors (Lipinski definition) is 1. The fourth-order valence-corrected chi connectivity index (χ4v) is 0.823. The van der Waals surface area contributed by atoms with Crippen LogP contribution in [0.2, 0.25) is 0 Å². The average molecular weight is 119 g/mol. The summed E-state index contributed by atoms with van der Waals surface area (Å²) in [7, 11) is 0. The van der Waals surface area contributed by atoms with E-state index in [1.165, 1.54) is 5.57 Å². The molecule has 46 valence electrons. The van der Waals surface area contributed by atoms with Gasteiger partial charge in [-0.05, 0) is 13.3 Å². The third-order valence-electron chi connectivity index (χ3n) is 1.45. The highest BCUT2D eigenvalue weighted by Gasteiger charge is 2.03. The van der Waals surface area contributed by atoms with Gasteiger partial charge in [-0.1, -0.05) is 23.8 Å². The molecule has 0 aromatic carbocycles.